The topological polar surface area (TPSA) is 105 Å². The number of fused-ring (bicyclic) bond motifs is 1. The third-order valence-electron chi connectivity index (χ3n) is 5.17. The van der Waals surface area contributed by atoms with Gasteiger partial charge in [0, 0.05) is 30.1 Å². The minimum atomic E-state index is -3.67. The van der Waals surface area contributed by atoms with Crippen LogP contribution in [0.4, 0.5) is 11.4 Å². The van der Waals surface area contributed by atoms with Crippen molar-refractivity contribution in [1.29, 1.82) is 0 Å². The molecule has 10 heteroatoms. The molecule has 164 valence electrons. The lowest BCUT2D eigenvalue weighted by Gasteiger charge is -2.26. The molecule has 0 saturated carbocycles. The quantitative estimate of drug-likeness (QED) is 0.709. The van der Waals surface area contributed by atoms with E-state index in [2.05, 4.69) is 10.6 Å². The van der Waals surface area contributed by atoms with E-state index in [1.165, 1.54) is 28.2 Å². The predicted octanol–water partition coefficient (Wildman–Crippen LogP) is 2.46. The lowest BCUT2D eigenvalue weighted by Crippen LogP contribution is -2.40. The van der Waals surface area contributed by atoms with Crippen LogP contribution >= 0.6 is 11.8 Å². The van der Waals surface area contributed by atoms with E-state index in [-0.39, 0.29) is 23.1 Å². The van der Waals surface area contributed by atoms with Gasteiger partial charge in [0.15, 0.2) is 0 Å². The minimum Gasteiger partial charge on any atom is -0.379 e. The first-order valence-corrected chi connectivity index (χ1v) is 12.2. The monoisotopic (exact) mass is 461 g/mol. The lowest BCUT2D eigenvalue weighted by molar-refractivity contribution is -0.120. The summed E-state index contributed by atoms with van der Waals surface area (Å²) in [6.45, 7) is 3.11. The molecule has 2 amide bonds. The van der Waals surface area contributed by atoms with Gasteiger partial charge < -0.3 is 15.4 Å². The number of para-hydroxylation sites is 1. The molecule has 0 spiro atoms. The maximum absolute atomic E-state index is 12.9. The van der Waals surface area contributed by atoms with E-state index >= 15 is 0 Å². The molecule has 2 aliphatic rings. The first-order valence-electron chi connectivity index (χ1n) is 9.89. The summed E-state index contributed by atoms with van der Waals surface area (Å²) < 4.78 is 32.4. The van der Waals surface area contributed by atoms with Crippen LogP contribution in [-0.4, -0.2) is 56.1 Å². The Labute approximate surface area is 185 Å². The lowest BCUT2D eigenvalue weighted by atomic mass is 10.2. The van der Waals surface area contributed by atoms with Crippen LogP contribution < -0.4 is 10.6 Å². The van der Waals surface area contributed by atoms with Crippen molar-refractivity contribution in [3.63, 3.8) is 0 Å². The number of anilines is 2. The summed E-state index contributed by atoms with van der Waals surface area (Å²) in [4.78, 5) is 26.1. The summed E-state index contributed by atoms with van der Waals surface area (Å²) in [5, 5.41) is 5.04. The Kier molecular flexibility index (Phi) is 6.33. The van der Waals surface area contributed by atoms with Crippen LogP contribution in [0.3, 0.4) is 0 Å². The van der Waals surface area contributed by atoms with E-state index in [1.807, 2.05) is 24.3 Å². The number of nitrogens with zero attached hydrogens (tertiary/aromatic N) is 1. The number of aryl methyl sites for hydroxylation is 1. The second-order valence-electron chi connectivity index (χ2n) is 7.34. The minimum absolute atomic E-state index is 0.0231. The number of morpholine rings is 1. The van der Waals surface area contributed by atoms with Gasteiger partial charge in [-0.05, 0) is 36.8 Å². The molecule has 2 aromatic rings. The molecule has 0 aliphatic carbocycles. The molecule has 31 heavy (non-hydrogen) atoms. The zero-order valence-electron chi connectivity index (χ0n) is 17.0. The number of amides is 2. The van der Waals surface area contributed by atoms with Crippen molar-refractivity contribution < 1.29 is 22.7 Å². The summed E-state index contributed by atoms with van der Waals surface area (Å²) in [5.41, 5.74) is 1.90. The third-order valence-corrected chi connectivity index (χ3v) is 8.34. The normalized spacial score (nSPS) is 19.4. The highest BCUT2D eigenvalue weighted by molar-refractivity contribution is 8.01. The Balaban J connectivity index is 1.47. The van der Waals surface area contributed by atoms with Gasteiger partial charge in [0.2, 0.25) is 21.8 Å². The van der Waals surface area contributed by atoms with E-state index in [1.54, 1.807) is 13.0 Å². The van der Waals surface area contributed by atoms with E-state index < -0.39 is 15.3 Å². The second kappa shape index (κ2) is 8.99. The van der Waals surface area contributed by atoms with E-state index in [4.69, 9.17) is 4.74 Å². The van der Waals surface area contributed by atoms with Gasteiger partial charge in [-0.25, -0.2) is 8.42 Å². The molecule has 8 nitrogen and oxygen atoms in total. The number of rotatable bonds is 5. The van der Waals surface area contributed by atoms with Crippen LogP contribution in [-0.2, 0) is 24.3 Å². The molecule has 2 aromatic carbocycles. The van der Waals surface area contributed by atoms with Gasteiger partial charge in [0.25, 0.3) is 0 Å². The first kappa shape index (κ1) is 21.8. The van der Waals surface area contributed by atoms with Crippen LogP contribution in [0.1, 0.15) is 12.0 Å². The van der Waals surface area contributed by atoms with Crippen molar-refractivity contribution >= 4 is 45.0 Å². The SMILES string of the molecule is Cc1ccc(S(=O)(=O)N2CCOCC2)cc1NC(=O)C[C@H]1Sc2ccccc2NC1=O. The van der Waals surface area contributed by atoms with E-state index in [9.17, 15) is 18.0 Å². The molecule has 0 radical (unpaired) electrons. The van der Waals surface area contributed by atoms with Crippen molar-refractivity contribution in [3.8, 4) is 0 Å². The van der Waals surface area contributed by atoms with Crippen molar-refractivity contribution in [2.45, 2.75) is 28.4 Å². The average molecular weight is 462 g/mol. The Hall–Kier alpha value is -2.40. The molecular weight excluding hydrogens is 438 g/mol. The van der Waals surface area contributed by atoms with Gasteiger partial charge in [0.05, 0.1) is 29.0 Å². The summed E-state index contributed by atoms with van der Waals surface area (Å²) in [7, 11) is -3.67. The number of benzene rings is 2. The van der Waals surface area contributed by atoms with Gasteiger partial charge >= 0.3 is 0 Å². The van der Waals surface area contributed by atoms with E-state index in [0.29, 0.717) is 32.0 Å². The molecule has 1 fully saturated rings. The Morgan fingerprint density at radius 1 is 1.23 bits per heavy atom. The molecule has 2 heterocycles. The number of carbonyl (C=O) groups excluding carboxylic acids is 2. The summed E-state index contributed by atoms with van der Waals surface area (Å²) in [5.74, 6) is -0.574. The van der Waals surface area contributed by atoms with Crippen molar-refractivity contribution in [2.75, 3.05) is 36.9 Å². The largest absolute Gasteiger partial charge is 0.379 e. The fourth-order valence-corrected chi connectivity index (χ4v) is 5.97. The molecule has 0 bridgehead atoms. The Bertz CT molecular complexity index is 1110. The smallest absolute Gasteiger partial charge is 0.243 e. The number of carbonyl (C=O) groups is 2. The fourth-order valence-electron chi connectivity index (χ4n) is 3.43. The fraction of sp³-hybridized carbons (Fsp3) is 0.333. The number of hydrogen-bond donors (Lipinski definition) is 2. The summed E-state index contributed by atoms with van der Waals surface area (Å²) in [6.07, 6.45) is -0.0231. The van der Waals surface area contributed by atoms with Gasteiger partial charge in [-0.3, -0.25) is 9.59 Å². The van der Waals surface area contributed by atoms with Gasteiger partial charge in [0.1, 0.15) is 0 Å². The maximum atomic E-state index is 12.9. The highest BCUT2D eigenvalue weighted by atomic mass is 32.2. The third kappa shape index (κ3) is 4.77. The van der Waals surface area contributed by atoms with Crippen LogP contribution in [0.5, 0.6) is 0 Å². The maximum Gasteiger partial charge on any atom is 0.243 e. The van der Waals surface area contributed by atoms with Crippen LogP contribution in [0.15, 0.2) is 52.3 Å². The van der Waals surface area contributed by atoms with Crippen LogP contribution in [0.2, 0.25) is 0 Å². The number of hydrogen-bond acceptors (Lipinski definition) is 6. The van der Waals surface area contributed by atoms with Crippen molar-refractivity contribution in [1.82, 2.24) is 4.31 Å². The van der Waals surface area contributed by atoms with Crippen molar-refractivity contribution in [2.24, 2.45) is 0 Å². The Morgan fingerprint density at radius 3 is 2.74 bits per heavy atom. The van der Waals surface area contributed by atoms with Crippen LogP contribution in [0.25, 0.3) is 0 Å². The summed E-state index contributed by atoms with van der Waals surface area (Å²) in [6, 6.07) is 12.1. The average Bonchev–Trinajstić information content (AvgIpc) is 2.76. The number of thioether (sulfide) groups is 1. The standard InChI is InChI=1S/C21H23N3O5S2/c1-14-6-7-15(31(27,28)24-8-10-29-11-9-24)12-17(14)22-20(25)13-19-21(26)23-16-4-2-3-5-18(16)30-19/h2-7,12,19H,8-11,13H2,1H3,(H,22,25)(H,23,26)/t19-/m1/s1. The second-order valence-corrected chi connectivity index (χ2v) is 10.5. The molecule has 0 unspecified atom stereocenters. The van der Waals surface area contributed by atoms with Gasteiger partial charge in [-0.2, -0.15) is 4.31 Å². The Morgan fingerprint density at radius 2 is 1.97 bits per heavy atom. The summed E-state index contributed by atoms with van der Waals surface area (Å²) >= 11 is 1.35. The first-order chi connectivity index (χ1) is 14.8. The zero-order chi connectivity index (χ0) is 22.0. The molecular formula is C21H23N3O5S2. The molecule has 4 rings (SSSR count). The molecule has 2 N–H and O–H groups in total. The van der Waals surface area contributed by atoms with Gasteiger partial charge in [-0.1, -0.05) is 18.2 Å². The van der Waals surface area contributed by atoms with E-state index in [0.717, 1.165) is 16.1 Å². The highest BCUT2D eigenvalue weighted by Gasteiger charge is 2.30. The molecule has 1 saturated heterocycles. The molecule has 0 aromatic heterocycles. The van der Waals surface area contributed by atoms with Crippen molar-refractivity contribution in [3.05, 3.63) is 48.0 Å². The van der Waals surface area contributed by atoms with Gasteiger partial charge in [-0.15, -0.1) is 11.8 Å². The number of ether oxygens (including phenoxy) is 1. The number of nitrogens with one attached hydrogen (secondary N) is 2. The molecule has 1 atom stereocenters. The predicted molar refractivity (Wildman–Crippen MR) is 119 cm³/mol. The highest BCUT2D eigenvalue weighted by Crippen LogP contribution is 2.36. The molecule has 2 aliphatic heterocycles. The number of sulfonamides is 1. The zero-order valence-corrected chi connectivity index (χ0v) is 18.6. The van der Waals surface area contributed by atoms with Crippen LogP contribution in [0, 0.1) is 6.92 Å².